The first-order valence-electron chi connectivity index (χ1n) is 7.69. The van der Waals surface area contributed by atoms with Crippen molar-refractivity contribution in [1.29, 1.82) is 0 Å². The summed E-state index contributed by atoms with van der Waals surface area (Å²) in [5.74, 6) is 0.273. The van der Waals surface area contributed by atoms with Gasteiger partial charge in [-0.25, -0.2) is 9.67 Å². The molecule has 0 amide bonds. The van der Waals surface area contributed by atoms with Crippen LogP contribution in [0.5, 0.6) is 0 Å². The van der Waals surface area contributed by atoms with E-state index in [0.717, 1.165) is 11.1 Å². The van der Waals surface area contributed by atoms with E-state index in [9.17, 15) is 14.9 Å². The van der Waals surface area contributed by atoms with Crippen LogP contribution in [0.3, 0.4) is 0 Å². The molecule has 0 N–H and O–H groups in total. The second kappa shape index (κ2) is 6.64. The molecule has 7 nitrogen and oxygen atoms in total. The molecule has 0 bridgehead atoms. The number of nitro benzene ring substituents is 1. The summed E-state index contributed by atoms with van der Waals surface area (Å²) < 4.78 is 1.44. The number of hydrogen-bond donors (Lipinski definition) is 0. The predicted molar refractivity (Wildman–Crippen MR) is 92.4 cm³/mol. The van der Waals surface area contributed by atoms with Crippen LogP contribution in [0.1, 0.15) is 21.5 Å². The van der Waals surface area contributed by atoms with Gasteiger partial charge in [0.25, 0.3) is 5.69 Å². The van der Waals surface area contributed by atoms with Gasteiger partial charge in [0.05, 0.1) is 4.92 Å². The van der Waals surface area contributed by atoms with Gasteiger partial charge in [-0.3, -0.25) is 14.9 Å². The molecule has 0 saturated carbocycles. The third-order valence-corrected chi connectivity index (χ3v) is 3.99. The summed E-state index contributed by atoms with van der Waals surface area (Å²) in [6, 6.07) is 11.7. The first-order valence-corrected chi connectivity index (χ1v) is 7.69. The Balaban J connectivity index is 1.79. The molecule has 126 valence electrons. The maximum Gasteiger partial charge on any atom is 0.270 e. The number of non-ortho nitro benzene ring substituents is 1. The molecule has 3 rings (SSSR count). The zero-order chi connectivity index (χ0) is 18.0. The van der Waals surface area contributed by atoms with Crippen LogP contribution in [-0.2, 0) is 6.54 Å². The highest BCUT2D eigenvalue weighted by Crippen LogP contribution is 2.20. The van der Waals surface area contributed by atoms with E-state index in [-0.39, 0.29) is 18.0 Å². The first kappa shape index (κ1) is 16.5. The first-order chi connectivity index (χ1) is 11.9. The molecule has 0 fully saturated rings. The lowest BCUT2D eigenvalue weighted by Gasteiger charge is -2.04. The van der Waals surface area contributed by atoms with Crippen LogP contribution in [0.4, 0.5) is 5.69 Å². The number of ketones is 1. The summed E-state index contributed by atoms with van der Waals surface area (Å²) in [6.45, 7) is 4.01. The number of aromatic nitrogens is 3. The maximum absolute atomic E-state index is 12.4. The van der Waals surface area contributed by atoms with Gasteiger partial charge in [-0.2, -0.15) is 5.10 Å². The highest BCUT2D eigenvalue weighted by Gasteiger charge is 2.13. The minimum absolute atomic E-state index is 0.0277. The number of carbonyl (C=O) groups excluding carboxylic acids is 1. The SMILES string of the molecule is Cc1ccc(C(=O)Cn2cnc(-c3cccc([N+](=O)[O-])c3)n2)cc1C. The van der Waals surface area contributed by atoms with Crippen LogP contribution in [-0.4, -0.2) is 25.5 Å². The smallest absolute Gasteiger partial charge is 0.270 e. The molecular weight excluding hydrogens is 320 g/mol. The third kappa shape index (κ3) is 3.60. The van der Waals surface area contributed by atoms with Gasteiger partial charge < -0.3 is 0 Å². The van der Waals surface area contributed by atoms with Crippen molar-refractivity contribution in [2.45, 2.75) is 20.4 Å². The Labute approximate surface area is 144 Å². The summed E-state index contributed by atoms with van der Waals surface area (Å²) >= 11 is 0. The summed E-state index contributed by atoms with van der Waals surface area (Å²) in [5, 5.41) is 15.1. The zero-order valence-corrected chi connectivity index (χ0v) is 13.8. The number of aryl methyl sites for hydroxylation is 2. The normalized spacial score (nSPS) is 10.6. The molecule has 25 heavy (non-hydrogen) atoms. The maximum atomic E-state index is 12.4. The number of hydrogen-bond acceptors (Lipinski definition) is 5. The molecule has 0 atom stereocenters. The van der Waals surface area contributed by atoms with Crippen LogP contribution >= 0.6 is 0 Å². The van der Waals surface area contributed by atoms with Crippen LogP contribution in [0.2, 0.25) is 0 Å². The van der Waals surface area contributed by atoms with Crippen molar-refractivity contribution in [1.82, 2.24) is 14.8 Å². The second-order valence-corrected chi connectivity index (χ2v) is 5.80. The third-order valence-electron chi connectivity index (χ3n) is 3.99. The minimum atomic E-state index is -0.469. The van der Waals surface area contributed by atoms with Gasteiger partial charge in [0.2, 0.25) is 0 Å². The van der Waals surface area contributed by atoms with E-state index in [0.29, 0.717) is 17.0 Å². The summed E-state index contributed by atoms with van der Waals surface area (Å²) in [4.78, 5) is 26.9. The molecule has 1 heterocycles. The van der Waals surface area contributed by atoms with Crippen LogP contribution in [0.15, 0.2) is 48.8 Å². The number of benzene rings is 2. The van der Waals surface area contributed by atoms with Gasteiger partial charge in [-0.1, -0.05) is 24.3 Å². The second-order valence-electron chi connectivity index (χ2n) is 5.80. The Hall–Kier alpha value is -3.35. The predicted octanol–water partition coefficient (Wildman–Crippen LogP) is 3.35. The largest absolute Gasteiger partial charge is 0.292 e. The van der Waals surface area contributed by atoms with E-state index in [1.165, 1.54) is 23.1 Å². The van der Waals surface area contributed by atoms with Crippen molar-refractivity contribution in [2.24, 2.45) is 0 Å². The monoisotopic (exact) mass is 336 g/mol. The van der Waals surface area contributed by atoms with Crippen molar-refractivity contribution >= 4 is 11.5 Å². The van der Waals surface area contributed by atoms with E-state index in [1.807, 2.05) is 26.0 Å². The van der Waals surface area contributed by atoms with Gasteiger partial charge in [-0.15, -0.1) is 0 Å². The van der Waals surface area contributed by atoms with Crippen molar-refractivity contribution in [3.05, 3.63) is 75.6 Å². The fraction of sp³-hybridized carbons (Fsp3) is 0.167. The van der Waals surface area contributed by atoms with Gasteiger partial charge in [0, 0.05) is 23.3 Å². The summed E-state index contributed by atoms with van der Waals surface area (Å²) in [6.07, 6.45) is 1.45. The Morgan fingerprint density at radius 2 is 1.96 bits per heavy atom. The molecule has 0 aliphatic rings. The van der Waals surface area contributed by atoms with E-state index in [4.69, 9.17) is 0 Å². The van der Waals surface area contributed by atoms with Crippen molar-refractivity contribution in [2.75, 3.05) is 0 Å². The molecule has 7 heteroatoms. The molecule has 0 saturated heterocycles. The average molecular weight is 336 g/mol. The lowest BCUT2D eigenvalue weighted by Crippen LogP contribution is -2.11. The molecule has 2 aromatic carbocycles. The van der Waals surface area contributed by atoms with Crippen molar-refractivity contribution < 1.29 is 9.72 Å². The molecular formula is C18H16N4O3. The lowest BCUT2D eigenvalue weighted by molar-refractivity contribution is -0.384. The summed E-state index contributed by atoms with van der Waals surface area (Å²) in [5.41, 5.74) is 3.31. The molecule has 3 aromatic rings. The average Bonchev–Trinajstić information content (AvgIpc) is 3.06. The number of nitrogens with zero attached hydrogens (tertiary/aromatic N) is 4. The van der Waals surface area contributed by atoms with Crippen molar-refractivity contribution in [3.63, 3.8) is 0 Å². The zero-order valence-electron chi connectivity index (χ0n) is 13.8. The minimum Gasteiger partial charge on any atom is -0.292 e. The molecule has 0 radical (unpaired) electrons. The van der Waals surface area contributed by atoms with Gasteiger partial charge >= 0.3 is 0 Å². The van der Waals surface area contributed by atoms with E-state index in [2.05, 4.69) is 10.1 Å². The fourth-order valence-electron chi connectivity index (χ4n) is 2.41. The quantitative estimate of drug-likeness (QED) is 0.405. The van der Waals surface area contributed by atoms with Crippen LogP contribution in [0.25, 0.3) is 11.4 Å². The standard InChI is InChI=1S/C18H16N4O3/c1-12-6-7-14(8-13(12)2)17(23)10-21-11-19-18(20-21)15-4-3-5-16(9-15)22(24)25/h3-9,11H,10H2,1-2H3. The Bertz CT molecular complexity index is 962. The fourth-order valence-corrected chi connectivity index (χ4v) is 2.41. The molecule has 0 aliphatic carbocycles. The number of Topliss-reactive ketones (excluding diaryl/α,β-unsaturated/α-hetero) is 1. The lowest BCUT2D eigenvalue weighted by atomic mass is 10.0. The molecule has 0 unspecified atom stereocenters. The van der Waals surface area contributed by atoms with E-state index < -0.39 is 4.92 Å². The topological polar surface area (TPSA) is 90.9 Å². The Morgan fingerprint density at radius 1 is 1.16 bits per heavy atom. The highest BCUT2D eigenvalue weighted by atomic mass is 16.6. The Kier molecular flexibility index (Phi) is 4.38. The number of carbonyl (C=O) groups is 1. The Morgan fingerprint density at radius 3 is 2.68 bits per heavy atom. The van der Waals surface area contributed by atoms with E-state index in [1.54, 1.807) is 18.2 Å². The number of nitro groups is 1. The summed E-state index contributed by atoms with van der Waals surface area (Å²) in [7, 11) is 0. The van der Waals surface area contributed by atoms with Gasteiger partial charge in [0.1, 0.15) is 12.9 Å². The number of rotatable bonds is 5. The van der Waals surface area contributed by atoms with E-state index >= 15 is 0 Å². The molecule has 0 aliphatic heterocycles. The van der Waals surface area contributed by atoms with Gasteiger partial charge in [0.15, 0.2) is 11.6 Å². The van der Waals surface area contributed by atoms with Crippen LogP contribution < -0.4 is 0 Å². The highest BCUT2D eigenvalue weighted by molar-refractivity contribution is 5.96. The molecule has 0 spiro atoms. The molecule has 1 aromatic heterocycles. The van der Waals surface area contributed by atoms with Crippen LogP contribution in [0, 0.1) is 24.0 Å². The van der Waals surface area contributed by atoms with Crippen molar-refractivity contribution in [3.8, 4) is 11.4 Å². The van der Waals surface area contributed by atoms with Gasteiger partial charge in [-0.05, 0) is 31.0 Å².